The van der Waals surface area contributed by atoms with E-state index in [1.54, 1.807) is 19.4 Å². The average molecular weight is 463 g/mol. The number of benzene rings is 2. The molecule has 6 rings (SSSR count). The van der Waals surface area contributed by atoms with Gasteiger partial charge in [0, 0.05) is 40.9 Å². The van der Waals surface area contributed by atoms with Gasteiger partial charge in [0.15, 0.2) is 5.78 Å². The Balaban J connectivity index is 1.34. The number of pyridine rings is 1. The molecule has 3 aliphatic rings. The van der Waals surface area contributed by atoms with Crippen LogP contribution >= 0.6 is 0 Å². The van der Waals surface area contributed by atoms with Gasteiger partial charge in [-0.2, -0.15) is 11.1 Å². The van der Waals surface area contributed by atoms with Crippen LogP contribution in [-0.4, -0.2) is 30.6 Å². The van der Waals surface area contributed by atoms with Crippen molar-refractivity contribution >= 4 is 27.9 Å². The van der Waals surface area contributed by atoms with Crippen LogP contribution in [-0.2, 0) is 0 Å². The fourth-order valence-corrected chi connectivity index (χ4v) is 4.84. The first kappa shape index (κ1) is 21.4. The van der Waals surface area contributed by atoms with E-state index in [-0.39, 0.29) is 29.6 Å². The standard InChI is InChI=1S/C25H27FN6O2/c1-34-22-10-15(12-27-23(22)24(33)18-11-19(18)25-28-30-31-29-25)32(13-14-6-7-14)21-9-8-20(26)16-4-2-3-5-17(16)21/h2-5,8-10,12,14,18-19,25,28-31H,6-7,11,13H2,1H3. The molecule has 2 unspecified atom stereocenters. The van der Waals surface area contributed by atoms with Gasteiger partial charge in [-0.05, 0) is 37.3 Å². The number of halogens is 1. The summed E-state index contributed by atoms with van der Waals surface area (Å²) in [6, 6.07) is 12.7. The summed E-state index contributed by atoms with van der Waals surface area (Å²) >= 11 is 0. The number of ether oxygens (including phenoxy) is 1. The number of methoxy groups -OCH3 is 1. The van der Waals surface area contributed by atoms with Crippen molar-refractivity contribution in [3.05, 3.63) is 60.2 Å². The highest BCUT2D eigenvalue weighted by Gasteiger charge is 2.49. The van der Waals surface area contributed by atoms with E-state index in [1.807, 2.05) is 30.3 Å². The smallest absolute Gasteiger partial charge is 0.188 e. The monoisotopic (exact) mass is 462 g/mol. The number of hydrazine groups is 3. The molecule has 0 spiro atoms. The molecule has 2 aromatic carbocycles. The Bertz CT molecular complexity index is 1240. The average Bonchev–Trinajstić information content (AvgIpc) is 3.80. The van der Waals surface area contributed by atoms with Crippen LogP contribution in [0.1, 0.15) is 29.8 Å². The third-order valence-corrected chi connectivity index (χ3v) is 7.00. The Kier molecular flexibility index (Phi) is 5.41. The van der Waals surface area contributed by atoms with Gasteiger partial charge in [0.2, 0.25) is 0 Å². The Labute approximate surface area is 196 Å². The fraction of sp³-hybridized carbons (Fsp3) is 0.360. The Morgan fingerprint density at radius 2 is 1.91 bits per heavy atom. The third-order valence-electron chi connectivity index (χ3n) is 7.00. The molecule has 1 aliphatic heterocycles. The number of rotatable bonds is 8. The minimum atomic E-state index is -0.238. The third kappa shape index (κ3) is 3.90. The molecular weight excluding hydrogens is 435 g/mol. The van der Waals surface area contributed by atoms with Gasteiger partial charge in [-0.3, -0.25) is 4.79 Å². The van der Waals surface area contributed by atoms with E-state index in [0.29, 0.717) is 22.7 Å². The number of ketones is 1. The van der Waals surface area contributed by atoms with E-state index in [1.165, 1.54) is 18.9 Å². The number of hydrogen-bond acceptors (Lipinski definition) is 8. The summed E-state index contributed by atoms with van der Waals surface area (Å²) in [6.07, 6.45) is 4.86. The second-order valence-corrected chi connectivity index (χ2v) is 9.30. The summed E-state index contributed by atoms with van der Waals surface area (Å²) in [5.74, 6) is 0.865. The van der Waals surface area contributed by atoms with Crippen molar-refractivity contribution in [2.45, 2.75) is 25.4 Å². The number of anilines is 2. The van der Waals surface area contributed by atoms with Crippen LogP contribution in [0.4, 0.5) is 15.8 Å². The molecule has 0 radical (unpaired) electrons. The number of carbonyl (C=O) groups excluding carboxylic acids is 1. The fourth-order valence-electron chi connectivity index (χ4n) is 4.84. The molecular formula is C25H27FN6O2. The van der Waals surface area contributed by atoms with Crippen LogP contribution in [0.3, 0.4) is 0 Å². The molecule has 3 aromatic rings. The van der Waals surface area contributed by atoms with Crippen LogP contribution in [0.25, 0.3) is 10.8 Å². The van der Waals surface area contributed by atoms with Gasteiger partial charge in [-0.1, -0.05) is 24.3 Å². The van der Waals surface area contributed by atoms with Gasteiger partial charge in [-0.25, -0.2) is 20.2 Å². The van der Waals surface area contributed by atoms with E-state index in [4.69, 9.17) is 4.74 Å². The van der Waals surface area contributed by atoms with Crippen LogP contribution in [0.15, 0.2) is 48.7 Å². The summed E-state index contributed by atoms with van der Waals surface area (Å²) in [7, 11) is 1.56. The molecule has 2 aliphatic carbocycles. The molecule has 2 atom stereocenters. The van der Waals surface area contributed by atoms with Crippen LogP contribution in [0.2, 0.25) is 0 Å². The van der Waals surface area contributed by atoms with Crippen LogP contribution < -0.4 is 31.6 Å². The van der Waals surface area contributed by atoms with Gasteiger partial charge in [-0.15, -0.1) is 0 Å². The largest absolute Gasteiger partial charge is 0.494 e. The maximum Gasteiger partial charge on any atom is 0.188 e. The molecule has 34 heavy (non-hydrogen) atoms. The molecule has 3 fully saturated rings. The molecule has 1 aromatic heterocycles. The van der Waals surface area contributed by atoms with Crippen LogP contribution in [0.5, 0.6) is 5.75 Å². The predicted octanol–water partition coefficient (Wildman–Crippen LogP) is 3.19. The molecule has 4 N–H and O–H groups in total. The van der Waals surface area contributed by atoms with E-state index >= 15 is 0 Å². The minimum Gasteiger partial charge on any atom is -0.494 e. The molecule has 2 heterocycles. The normalized spacial score (nSPS) is 22.2. The van der Waals surface area contributed by atoms with Gasteiger partial charge in [0.25, 0.3) is 0 Å². The SMILES string of the molecule is COc1cc(N(CC2CC2)c2ccc(F)c3ccccc23)cnc1C(=O)C1CC1C1NNNN1. The van der Waals surface area contributed by atoms with Crippen molar-refractivity contribution in [2.24, 2.45) is 17.8 Å². The first-order valence-corrected chi connectivity index (χ1v) is 11.7. The highest BCUT2D eigenvalue weighted by Crippen LogP contribution is 2.45. The second kappa shape index (κ2) is 8.59. The molecule has 2 saturated carbocycles. The highest BCUT2D eigenvalue weighted by molar-refractivity contribution is 6.01. The minimum absolute atomic E-state index is 0.00938. The predicted molar refractivity (Wildman–Crippen MR) is 127 cm³/mol. The van der Waals surface area contributed by atoms with Gasteiger partial charge in [0.05, 0.1) is 25.2 Å². The first-order chi connectivity index (χ1) is 16.6. The number of nitrogens with zero attached hydrogens (tertiary/aromatic N) is 2. The lowest BCUT2D eigenvalue weighted by molar-refractivity contribution is 0.0949. The van der Waals surface area contributed by atoms with Crippen molar-refractivity contribution in [3.8, 4) is 5.75 Å². The quantitative estimate of drug-likeness (QED) is 0.380. The lowest BCUT2D eigenvalue weighted by Crippen LogP contribution is -2.37. The number of carbonyl (C=O) groups is 1. The molecule has 1 saturated heterocycles. The topological polar surface area (TPSA) is 90.5 Å². The number of fused-ring (bicyclic) bond motifs is 1. The maximum absolute atomic E-state index is 14.5. The van der Waals surface area contributed by atoms with Crippen LogP contribution in [0, 0.1) is 23.6 Å². The number of Topliss-reactive ketones (excluding diaryl/α,β-unsaturated/α-hetero) is 1. The number of hydrogen-bond donors (Lipinski definition) is 4. The summed E-state index contributed by atoms with van der Waals surface area (Å²) in [4.78, 5) is 20.0. The number of nitrogens with one attached hydrogen (secondary N) is 4. The summed E-state index contributed by atoms with van der Waals surface area (Å²) < 4.78 is 20.1. The van der Waals surface area contributed by atoms with E-state index in [2.05, 4.69) is 31.8 Å². The van der Waals surface area contributed by atoms with Crippen molar-refractivity contribution in [3.63, 3.8) is 0 Å². The molecule has 8 nitrogen and oxygen atoms in total. The van der Waals surface area contributed by atoms with Gasteiger partial charge in [0.1, 0.15) is 17.3 Å². The van der Waals surface area contributed by atoms with Crippen molar-refractivity contribution in [1.82, 2.24) is 26.9 Å². The zero-order chi connectivity index (χ0) is 23.2. The summed E-state index contributed by atoms with van der Waals surface area (Å²) in [5, 5.41) is 1.44. The van der Waals surface area contributed by atoms with Crippen molar-refractivity contribution in [1.29, 1.82) is 0 Å². The molecule has 0 bridgehead atoms. The van der Waals surface area contributed by atoms with E-state index in [0.717, 1.165) is 29.7 Å². The molecule has 176 valence electrons. The Hall–Kier alpha value is -3.11. The second-order valence-electron chi connectivity index (χ2n) is 9.30. The van der Waals surface area contributed by atoms with Crippen molar-refractivity contribution < 1.29 is 13.9 Å². The Morgan fingerprint density at radius 3 is 2.65 bits per heavy atom. The zero-order valence-corrected chi connectivity index (χ0v) is 18.8. The van der Waals surface area contributed by atoms with Gasteiger partial charge < -0.3 is 9.64 Å². The first-order valence-electron chi connectivity index (χ1n) is 11.7. The molecule has 0 amide bonds. The lowest BCUT2D eigenvalue weighted by Gasteiger charge is -2.27. The van der Waals surface area contributed by atoms with Gasteiger partial charge >= 0.3 is 0 Å². The highest BCUT2D eigenvalue weighted by atomic mass is 19.1. The lowest BCUT2D eigenvalue weighted by atomic mass is 10.1. The maximum atomic E-state index is 14.5. The summed E-state index contributed by atoms with van der Waals surface area (Å²) in [5.41, 5.74) is 13.8. The summed E-state index contributed by atoms with van der Waals surface area (Å²) in [6.45, 7) is 0.803. The van der Waals surface area contributed by atoms with Crippen molar-refractivity contribution in [2.75, 3.05) is 18.6 Å². The Morgan fingerprint density at radius 1 is 1.15 bits per heavy atom. The molecule has 9 heteroatoms. The van der Waals surface area contributed by atoms with E-state index in [9.17, 15) is 9.18 Å². The zero-order valence-electron chi connectivity index (χ0n) is 18.8. The van der Waals surface area contributed by atoms with E-state index < -0.39 is 0 Å². The number of aromatic nitrogens is 1.